The first-order valence-corrected chi connectivity index (χ1v) is 6.45. The number of benzene rings is 2. The van der Waals surface area contributed by atoms with E-state index in [1.54, 1.807) is 24.3 Å². The highest BCUT2D eigenvalue weighted by Crippen LogP contribution is 2.22. The van der Waals surface area contributed by atoms with E-state index in [1.807, 2.05) is 36.4 Å². The highest BCUT2D eigenvalue weighted by atomic mass is 16.6. The Hall–Kier alpha value is -3.33. The molecule has 6 nitrogen and oxygen atoms in total. The number of hydrogen-bond donors (Lipinski definition) is 1. The molecular formula is C16H14N4O2. The number of oxime groups is 1. The molecule has 6 heteroatoms. The number of nitriles is 1. The van der Waals surface area contributed by atoms with Crippen LogP contribution in [0.25, 0.3) is 0 Å². The summed E-state index contributed by atoms with van der Waals surface area (Å²) in [6.07, 6.45) is 1.22. The van der Waals surface area contributed by atoms with E-state index in [4.69, 9.17) is 10.00 Å². The topological polar surface area (TPSA) is 79.0 Å². The number of hydrazone groups is 1. The van der Waals surface area contributed by atoms with Gasteiger partial charge in [0.1, 0.15) is 30.9 Å². The number of rotatable bonds is 6. The fraction of sp³-hybridized carbons (Fsp3) is 0.0625. The van der Waals surface area contributed by atoms with Gasteiger partial charge in [0.05, 0.1) is 5.69 Å². The van der Waals surface area contributed by atoms with E-state index in [0.717, 1.165) is 11.4 Å². The summed E-state index contributed by atoms with van der Waals surface area (Å²) in [5.74, 6) is 1.48. The summed E-state index contributed by atoms with van der Waals surface area (Å²) in [5.41, 5.74) is 3.58. The molecule has 2 rings (SSSR count). The first kappa shape index (κ1) is 15.1. The predicted octanol–water partition coefficient (Wildman–Crippen LogP) is 3.40. The summed E-state index contributed by atoms with van der Waals surface area (Å²) in [4.78, 5) is 4.49. The third kappa shape index (κ3) is 4.65. The molecule has 0 saturated heterocycles. The molecule has 22 heavy (non-hydrogen) atoms. The van der Waals surface area contributed by atoms with Gasteiger partial charge >= 0.3 is 0 Å². The van der Waals surface area contributed by atoms with Crippen LogP contribution < -0.4 is 10.2 Å². The maximum Gasteiger partial charge on any atom is 0.182 e. The first-order valence-electron chi connectivity index (χ1n) is 6.45. The van der Waals surface area contributed by atoms with E-state index in [0.29, 0.717) is 5.75 Å². The molecule has 0 aliphatic carbocycles. The molecule has 0 aliphatic heterocycles. The van der Waals surface area contributed by atoms with Crippen LogP contribution in [0.4, 0.5) is 5.69 Å². The zero-order valence-corrected chi connectivity index (χ0v) is 11.9. The highest BCUT2D eigenvalue weighted by Gasteiger charge is 1.98. The largest absolute Gasteiger partial charge is 0.457 e. The minimum absolute atomic E-state index is 0.103. The summed E-state index contributed by atoms with van der Waals surface area (Å²) in [5, 5.41) is 16.2. The standard InChI is InChI=1S/C16H14N4O2/c1-21-18-12-14(11-17)20-19-13-7-9-16(10-8-13)22-15-5-3-2-4-6-15/h2-10,12,19H,1H3/b18-12+,20-14-. The minimum atomic E-state index is 0.103. The second-order valence-corrected chi connectivity index (χ2v) is 4.08. The molecule has 0 bridgehead atoms. The maximum absolute atomic E-state index is 8.85. The van der Waals surface area contributed by atoms with Crippen molar-refractivity contribution in [1.82, 2.24) is 0 Å². The van der Waals surface area contributed by atoms with Crippen LogP contribution in [0.5, 0.6) is 11.5 Å². The predicted molar refractivity (Wildman–Crippen MR) is 85.1 cm³/mol. The van der Waals surface area contributed by atoms with Gasteiger partial charge in [-0.3, -0.25) is 5.43 Å². The van der Waals surface area contributed by atoms with Gasteiger partial charge in [0, 0.05) is 0 Å². The lowest BCUT2D eigenvalue weighted by Crippen LogP contribution is -2.01. The van der Waals surface area contributed by atoms with Gasteiger partial charge in [0.25, 0.3) is 0 Å². The fourth-order valence-corrected chi connectivity index (χ4v) is 1.53. The van der Waals surface area contributed by atoms with Crippen molar-refractivity contribution < 1.29 is 9.57 Å². The van der Waals surface area contributed by atoms with E-state index in [-0.39, 0.29) is 5.71 Å². The van der Waals surface area contributed by atoms with Gasteiger partial charge in [-0.2, -0.15) is 10.4 Å². The lowest BCUT2D eigenvalue weighted by molar-refractivity contribution is 0.216. The average Bonchev–Trinajstić information content (AvgIpc) is 2.57. The lowest BCUT2D eigenvalue weighted by atomic mass is 10.3. The van der Waals surface area contributed by atoms with Crippen LogP contribution in [0.1, 0.15) is 0 Å². The normalized spacial score (nSPS) is 11.0. The van der Waals surface area contributed by atoms with Crippen LogP contribution in [0, 0.1) is 11.3 Å². The van der Waals surface area contributed by atoms with Gasteiger partial charge in [-0.25, -0.2) is 0 Å². The second-order valence-electron chi connectivity index (χ2n) is 4.08. The Morgan fingerprint density at radius 3 is 2.41 bits per heavy atom. The highest BCUT2D eigenvalue weighted by molar-refractivity contribution is 6.37. The second kappa shape index (κ2) is 8.07. The number of para-hydroxylation sites is 1. The minimum Gasteiger partial charge on any atom is -0.457 e. The van der Waals surface area contributed by atoms with Crippen LogP contribution in [0.3, 0.4) is 0 Å². The Labute approximate surface area is 128 Å². The zero-order valence-electron chi connectivity index (χ0n) is 11.9. The van der Waals surface area contributed by atoms with Gasteiger partial charge < -0.3 is 9.57 Å². The monoisotopic (exact) mass is 294 g/mol. The summed E-state index contributed by atoms with van der Waals surface area (Å²) in [7, 11) is 1.39. The average molecular weight is 294 g/mol. The Bertz CT molecular complexity index is 688. The van der Waals surface area contributed by atoms with E-state index >= 15 is 0 Å². The molecule has 0 unspecified atom stereocenters. The van der Waals surface area contributed by atoms with Gasteiger partial charge in [-0.15, -0.1) is 0 Å². The van der Waals surface area contributed by atoms with Crippen LogP contribution in [0.15, 0.2) is 64.9 Å². The smallest absolute Gasteiger partial charge is 0.182 e. The number of ether oxygens (including phenoxy) is 1. The Morgan fingerprint density at radius 2 is 1.77 bits per heavy atom. The van der Waals surface area contributed by atoms with Crippen LogP contribution in [0.2, 0.25) is 0 Å². The van der Waals surface area contributed by atoms with E-state index in [1.165, 1.54) is 13.3 Å². The molecule has 0 saturated carbocycles. The van der Waals surface area contributed by atoms with Gasteiger partial charge in [-0.05, 0) is 36.4 Å². The van der Waals surface area contributed by atoms with E-state index in [9.17, 15) is 0 Å². The molecule has 0 aromatic heterocycles. The Morgan fingerprint density at radius 1 is 1.09 bits per heavy atom. The molecule has 0 spiro atoms. The lowest BCUT2D eigenvalue weighted by Gasteiger charge is -2.06. The Kier molecular flexibility index (Phi) is 5.53. The van der Waals surface area contributed by atoms with Crippen molar-refractivity contribution in [2.24, 2.45) is 10.3 Å². The van der Waals surface area contributed by atoms with Crippen molar-refractivity contribution in [3.05, 3.63) is 54.6 Å². The molecule has 0 atom stereocenters. The molecule has 1 N–H and O–H groups in total. The van der Waals surface area contributed by atoms with E-state index < -0.39 is 0 Å². The number of anilines is 1. The Balaban J connectivity index is 1.99. The third-order valence-electron chi connectivity index (χ3n) is 2.53. The molecule has 110 valence electrons. The number of nitrogens with one attached hydrogen (secondary N) is 1. The van der Waals surface area contributed by atoms with Crippen molar-refractivity contribution in [3.8, 4) is 17.6 Å². The SMILES string of the molecule is CO/N=C/C(C#N)=N\Nc1ccc(Oc2ccccc2)cc1. The summed E-state index contributed by atoms with van der Waals surface area (Å²) in [6.45, 7) is 0. The van der Waals surface area contributed by atoms with Crippen LogP contribution in [-0.2, 0) is 4.84 Å². The van der Waals surface area contributed by atoms with Crippen molar-refractivity contribution in [1.29, 1.82) is 5.26 Å². The molecule has 0 amide bonds. The van der Waals surface area contributed by atoms with Crippen molar-refractivity contribution in [3.63, 3.8) is 0 Å². The van der Waals surface area contributed by atoms with Crippen molar-refractivity contribution >= 4 is 17.6 Å². The molecule has 0 fully saturated rings. The molecule has 0 aliphatic rings. The quantitative estimate of drug-likeness (QED) is 0.654. The van der Waals surface area contributed by atoms with Gasteiger partial charge in [0.2, 0.25) is 0 Å². The van der Waals surface area contributed by atoms with Crippen LogP contribution in [-0.4, -0.2) is 19.0 Å². The van der Waals surface area contributed by atoms with Gasteiger partial charge in [-0.1, -0.05) is 23.4 Å². The van der Waals surface area contributed by atoms with Crippen molar-refractivity contribution in [2.45, 2.75) is 0 Å². The first-order chi connectivity index (χ1) is 10.8. The molecule has 2 aromatic rings. The number of hydrogen-bond acceptors (Lipinski definition) is 6. The molecule has 0 radical (unpaired) electrons. The molecule has 0 heterocycles. The summed E-state index contributed by atoms with van der Waals surface area (Å²) in [6, 6.07) is 18.6. The number of nitrogens with zero attached hydrogens (tertiary/aromatic N) is 3. The fourth-order valence-electron chi connectivity index (χ4n) is 1.53. The maximum atomic E-state index is 8.85. The molecule has 2 aromatic carbocycles. The molecular weight excluding hydrogens is 280 g/mol. The van der Waals surface area contributed by atoms with Gasteiger partial charge in [0.15, 0.2) is 5.71 Å². The third-order valence-corrected chi connectivity index (χ3v) is 2.53. The van der Waals surface area contributed by atoms with Crippen molar-refractivity contribution in [2.75, 3.05) is 12.5 Å². The van der Waals surface area contributed by atoms with Crippen LogP contribution >= 0.6 is 0 Å². The van der Waals surface area contributed by atoms with E-state index in [2.05, 4.69) is 20.5 Å². The summed E-state index contributed by atoms with van der Waals surface area (Å²) >= 11 is 0. The summed E-state index contributed by atoms with van der Waals surface area (Å²) < 4.78 is 5.68. The zero-order chi connectivity index (χ0) is 15.6.